The van der Waals surface area contributed by atoms with Gasteiger partial charge in [-0.3, -0.25) is 9.59 Å². The molecule has 0 amide bonds. The molecule has 5 nitrogen and oxygen atoms in total. The Morgan fingerprint density at radius 2 is 2.23 bits per heavy atom. The first-order valence-electron chi connectivity index (χ1n) is 8.45. The number of fused-ring (bicyclic) bond motifs is 1. The predicted octanol–water partition coefficient (Wildman–Crippen LogP) is 1.90. The zero-order chi connectivity index (χ0) is 18.1. The van der Waals surface area contributed by atoms with E-state index in [1.54, 1.807) is 12.1 Å². The number of aryl methyl sites for hydroxylation is 1. The van der Waals surface area contributed by atoms with Crippen molar-refractivity contribution in [3.63, 3.8) is 0 Å². The van der Waals surface area contributed by atoms with Gasteiger partial charge in [0.25, 0.3) is 5.56 Å². The van der Waals surface area contributed by atoms with Gasteiger partial charge in [-0.15, -0.1) is 11.3 Å². The standard InChI is InChI=1S/C20H18N2O3S/c1-22-8-2-4-14-10-13(6-7-15(14)22)11-18-20(24)21-19(26-18)12-16(23)17-5-3-9-25-17/h3,5-7,9-12H,2,4,8H2,1H3,(H,21,24). The molecule has 1 aromatic carbocycles. The fourth-order valence-corrected chi connectivity index (χ4v) is 4.07. The first-order chi connectivity index (χ1) is 12.6. The van der Waals surface area contributed by atoms with Crippen LogP contribution in [0, 0.1) is 0 Å². The number of furan rings is 1. The number of nitrogens with one attached hydrogen (secondary N) is 1. The van der Waals surface area contributed by atoms with Crippen molar-refractivity contribution in [2.75, 3.05) is 18.5 Å². The number of carbonyl (C=O) groups is 1. The van der Waals surface area contributed by atoms with Crippen molar-refractivity contribution < 1.29 is 9.21 Å². The number of nitrogens with zero attached hydrogens (tertiary/aromatic N) is 1. The van der Waals surface area contributed by atoms with Gasteiger partial charge in [-0.05, 0) is 54.3 Å². The molecular weight excluding hydrogens is 348 g/mol. The molecule has 0 bridgehead atoms. The SMILES string of the molecule is CN1CCCc2cc(C=c3sc(=CC(=O)c4ccco4)[nH]c3=O)ccc21. The lowest BCUT2D eigenvalue weighted by Crippen LogP contribution is -2.24. The lowest BCUT2D eigenvalue weighted by Gasteiger charge is -2.27. The molecule has 6 heteroatoms. The lowest BCUT2D eigenvalue weighted by molar-refractivity contribution is 0.103. The van der Waals surface area contributed by atoms with Crippen LogP contribution >= 0.6 is 11.3 Å². The van der Waals surface area contributed by atoms with E-state index < -0.39 is 0 Å². The van der Waals surface area contributed by atoms with Crippen LogP contribution in [0.25, 0.3) is 12.2 Å². The Balaban J connectivity index is 1.70. The van der Waals surface area contributed by atoms with E-state index in [1.807, 2.05) is 12.1 Å². The van der Waals surface area contributed by atoms with E-state index in [0.717, 1.165) is 24.9 Å². The number of thiazole rings is 1. The van der Waals surface area contributed by atoms with Gasteiger partial charge in [-0.25, -0.2) is 0 Å². The third-order valence-electron chi connectivity index (χ3n) is 4.46. The topological polar surface area (TPSA) is 66.3 Å². The van der Waals surface area contributed by atoms with Crippen LogP contribution in [-0.2, 0) is 6.42 Å². The number of carbonyl (C=O) groups excluding carboxylic acids is 1. The monoisotopic (exact) mass is 366 g/mol. The van der Waals surface area contributed by atoms with E-state index in [4.69, 9.17) is 4.42 Å². The van der Waals surface area contributed by atoms with Crippen molar-refractivity contribution in [2.24, 2.45) is 0 Å². The van der Waals surface area contributed by atoms with Crippen LogP contribution < -0.4 is 19.7 Å². The quantitative estimate of drug-likeness (QED) is 0.719. The van der Waals surface area contributed by atoms with Crippen LogP contribution in [0.15, 0.2) is 45.8 Å². The maximum absolute atomic E-state index is 12.2. The molecule has 2 aromatic heterocycles. The Morgan fingerprint density at radius 1 is 1.35 bits per heavy atom. The van der Waals surface area contributed by atoms with Crippen LogP contribution in [0.2, 0.25) is 0 Å². The van der Waals surface area contributed by atoms with E-state index in [0.29, 0.717) is 9.20 Å². The maximum Gasteiger partial charge on any atom is 0.266 e. The molecule has 1 aliphatic heterocycles. The van der Waals surface area contributed by atoms with Gasteiger partial charge in [0.15, 0.2) is 5.76 Å². The van der Waals surface area contributed by atoms with Gasteiger partial charge in [-0.1, -0.05) is 6.07 Å². The molecule has 1 N–H and O–H groups in total. The van der Waals surface area contributed by atoms with Gasteiger partial charge in [0.2, 0.25) is 5.78 Å². The molecule has 0 aliphatic carbocycles. The number of rotatable bonds is 3. The molecule has 0 fully saturated rings. The second-order valence-corrected chi connectivity index (χ2v) is 7.41. The molecule has 4 rings (SSSR count). The number of Topliss-reactive ketones (excluding diaryl/α,β-unsaturated/α-hetero) is 1. The molecule has 0 radical (unpaired) electrons. The van der Waals surface area contributed by atoms with Gasteiger partial charge >= 0.3 is 0 Å². The third-order valence-corrected chi connectivity index (χ3v) is 5.42. The summed E-state index contributed by atoms with van der Waals surface area (Å²) in [5, 5.41) is 0. The molecule has 0 unspecified atom stereocenters. The molecule has 0 saturated carbocycles. The van der Waals surface area contributed by atoms with Crippen molar-refractivity contribution in [2.45, 2.75) is 12.8 Å². The number of benzene rings is 1. The average Bonchev–Trinajstić information content (AvgIpc) is 3.26. The smallest absolute Gasteiger partial charge is 0.266 e. The fraction of sp³-hybridized carbons (Fsp3) is 0.200. The first-order valence-corrected chi connectivity index (χ1v) is 9.26. The van der Waals surface area contributed by atoms with Crippen LogP contribution in [0.4, 0.5) is 5.69 Å². The second-order valence-electron chi connectivity index (χ2n) is 6.33. The van der Waals surface area contributed by atoms with Crippen molar-refractivity contribution in [1.82, 2.24) is 4.98 Å². The molecule has 0 saturated heterocycles. The molecular formula is C20H18N2O3S. The summed E-state index contributed by atoms with van der Waals surface area (Å²) in [5.74, 6) is -0.0144. The summed E-state index contributed by atoms with van der Waals surface area (Å²) in [6.45, 7) is 1.07. The average molecular weight is 366 g/mol. The molecule has 0 spiro atoms. The van der Waals surface area contributed by atoms with Crippen molar-refractivity contribution >= 4 is 35.0 Å². The molecule has 3 aromatic rings. The zero-order valence-corrected chi connectivity index (χ0v) is 15.1. The Kier molecular flexibility index (Phi) is 4.34. The summed E-state index contributed by atoms with van der Waals surface area (Å²) in [6, 6.07) is 9.53. The summed E-state index contributed by atoms with van der Waals surface area (Å²) in [5.41, 5.74) is 3.37. The molecule has 0 atom stereocenters. The van der Waals surface area contributed by atoms with Crippen LogP contribution in [0.3, 0.4) is 0 Å². The van der Waals surface area contributed by atoms with Crippen LogP contribution in [0.5, 0.6) is 0 Å². The van der Waals surface area contributed by atoms with Crippen molar-refractivity contribution in [3.8, 4) is 0 Å². The molecule has 3 heterocycles. The maximum atomic E-state index is 12.2. The highest BCUT2D eigenvalue weighted by molar-refractivity contribution is 7.07. The van der Waals surface area contributed by atoms with E-state index in [-0.39, 0.29) is 17.1 Å². The third kappa shape index (κ3) is 3.28. The minimum absolute atomic E-state index is 0.191. The number of H-pyrrole nitrogens is 1. The van der Waals surface area contributed by atoms with Crippen LogP contribution in [-0.4, -0.2) is 24.4 Å². The van der Waals surface area contributed by atoms with E-state index in [2.05, 4.69) is 29.1 Å². The predicted molar refractivity (Wildman–Crippen MR) is 103 cm³/mol. The number of hydrogen-bond donors (Lipinski definition) is 1. The zero-order valence-electron chi connectivity index (χ0n) is 14.3. The second kappa shape index (κ2) is 6.80. The Morgan fingerprint density at radius 3 is 3.04 bits per heavy atom. The lowest BCUT2D eigenvalue weighted by atomic mass is 9.99. The van der Waals surface area contributed by atoms with Gasteiger partial charge in [-0.2, -0.15) is 0 Å². The highest BCUT2D eigenvalue weighted by atomic mass is 32.1. The summed E-state index contributed by atoms with van der Waals surface area (Å²) < 4.78 is 6.17. The van der Waals surface area contributed by atoms with Crippen molar-refractivity contribution in [3.05, 3.63) is 73.0 Å². The minimum Gasteiger partial charge on any atom is -0.461 e. The number of anilines is 1. The van der Waals surface area contributed by atoms with Crippen LogP contribution in [0.1, 0.15) is 28.1 Å². The first kappa shape index (κ1) is 16.6. The minimum atomic E-state index is -0.268. The van der Waals surface area contributed by atoms with Gasteiger partial charge in [0.05, 0.1) is 15.5 Å². The van der Waals surface area contributed by atoms with E-state index >= 15 is 0 Å². The van der Waals surface area contributed by atoms with E-state index in [9.17, 15) is 9.59 Å². The number of aromatic amines is 1. The highest BCUT2D eigenvalue weighted by Crippen LogP contribution is 2.26. The Hall–Kier alpha value is -2.86. The number of ketones is 1. The molecule has 1 aliphatic rings. The molecule has 132 valence electrons. The summed E-state index contributed by atoms with van der Waals surface area (Å²) >= 11 is 1.27. The molecule has 26 heavy (non-hydrogen) atoms. The highest BCUT2D eigenvalue weighted by Gasteiger charge is 2.13. The fourth-order valence-electron chi connectivity index (χ4n) is 3.18. The number of hydrogen-bond acceptors (Lipinski definition) is 5. The summed E-state index contributed by atoms with van der Waals surface area (Å²) in [6.07, 6.45) is 6.90. The Bertz CT molecular complexity index is 1120. The summed E-state index contributed by atoms with van der Waals surface area (Å²) in [7, 11) is 2.10. The van der Waals surface area contributed by atoms with Gasteiger partial charge in [0, 0.05) is 25.4 Å². The normalized spacial score (nSPS) is 15.3. The number of aromatic nitrogens is 1. The van der Waals surface area contributed by atoms with Gasteiger partial charge in [0.1, 0.15) is 0 Å². The van der Waals surface area contributed by atoms with Gasteiger partial charge < -0.3 is 14.3 Å². The van der Waals surface area contributed by atoms with Crippen molar-refractivity contribution in [1.29, 1.82) is 0 Å². The van der Waals surface area contributed by atoms with E-state index in [1.165, 1.54) is 34.9 Å². The summed E-state index contributed by atoms with van der Waals surface area (Å²) in [4.78, 5) is 29.3. The Labute approximate surface area is 153 Å². The largest absolute Gasteiger partial charge is 0.461 e.